The molecule has 2 unspecified atom stereocenters. The summed E-state index contributed by atoms with van der Waals surface area (Å²) in [6, 6.07) is 5.02. The van der Waals surface area contributed by atoms with Gasteiger partial charge in [0.15, 0.2) is 0 Å². The van der Waals surface area contributed by atoms with Crippen LogP contribution in [0.3, 0.4) is 0 Å². The molecule has 26 heavy (non-hydrogen) atoms. The van der Waals surface area contributed by atoms with Crippen molar-refractivity contribution in [2.75, 3.05) is 19.8 Å². The maximum absolute atomic E-state index is 11.7. The molecule has 142 valence electrons. The Kier molecular flexibility index (Phi) is 7.05. The number of carboxylic acid groups (broad SMARTS) is 1. The van der Waals surface area contributed by atoms with Crippen LogP contribution in [0.15, 0.2) is 18.2 Å². The quantitative estimate of drug-likeness (QED) is 0.392. The largest absolute Gasteiger partial charge is 0.508 e. The van der Waals surface area contributed by atoms with Crippen molar-refractivity contribution in [2.45, 2.75) is 49.6 Å². The van der Waals surface area contributed by atoms with Crippen LogP contribution in [-0.2, 0) is 17.8 Å². The zero-order valence-electron chi connectivity index (χ0n) is 14.8. The van der Waals surface area contributed by atoms with E-state index in [-0.39, 0.29) is 31.4 Å². The molecule has 1 aliphatic heterocycles. The highest BCUT2D eigenvalue weighted by molar-refractivity contribution is 6.15. The van der Waals surface area contributed by atoms with E-state index in [1.807, 2.05) is 11.0 Å². The molecule has 0 bridgehead atoms. The number of aliphatic hydroxyl groups is 2. The van der Waals surface area contributed by atoms with Gasteiger partial charge in [-0.2, -0.15) is 0 Å². The van der Waals surface area contributed by atoms with Gasteiger partial charge >= 0.3 is 5.97 Å². The third kappa shape index (κ3) is 4.56. The smallest absolute Gasteiger partial charge is 0.323 e. The van der Waals surface area contributed by atoms with E-state index in [1.54, 1.807) is 12.1 Å². The lowest BCUT2D eigenvalue weighted by Gasteiger charge is -2.39. The molecule has 1 aromatic rings. The molecule has 0 amide bonds. The van der Waals surface area contributed by atoms with Gasteiger partial charge < -0.3 is 26.2 Å². The first-order chi connectivity index (χ1) is 12.3. The highest BCUT2D eigenvalue weighted by Crippen LogP contribution is 2.30. The number of aliphatic carboxylic acids is 1. The molecular formula is C18H27BN2O5. The van der Waals surface area contributed by atoms with Gasteiger partial charge in [0.2, 0.25) is 0 Å². The Morgan fingerprint density at radius 3 is 2.73 bits per heavy atom. The summed E-state index contributed by atoms with van der Waals surface area (Å²) < 4.78 is 0. The number of fused-ring (bicyclic) bond motifs is 1. The predicted octanol–water partition coefficient (Wildman–Crippen LogP) is 0.0129. The molecule has 6 N–H and O–H groups in total. The van der Waals surface area contributed by atoms with Gasteiger partial charge in [0.1, 0.15) is 11.3 Å². The molecule has 1 aromatic carbocycles. The Balaban J connectivity index is 2.11. The number of aromatic hydroxyl groups is 1. The first-order valence-electron chi connectivity index (χ1n) is 8.86. The number of benzene rings is 1. The normalized spacial score (nSPS) is 21.0. The molecule has 0 saturated heterocycles. The molecule has 0 fully saturated rings. The molecule has 2 rings (SSSR count). The number of phenolic OH excluding ortho intramolecular Hbond substituents is 1. The van der Waals surface area contributed by atoms with Crippen LogP contribution in [0, 0.1) is 0 Å². The minimum atomic E-state index is -1.60. The summed E-state index contributed by atoms with van der Waals surface area (Å²) >= 11 is 0. The molecule has 1 heterocycles. The van der Waals surface area contributed by atoms with Crippen molar-refractivity contribution in [2.24, 2.45) is 5.73 Å². The molecule has 0 aliphatic carbocycles. The van der Waals surface area contributed by atoms with Gasteiger partial charge in [0.05, 0.1) is 14.5 Å². The number of hydrogen-bond acceptors (Lipinski definition) is 6. The van der Waals surface area contributed by atoms with E-state index in [2.05, 4.69) is 0 Å². The van der Waals surface area contributed by atoms with Gasteiger partial charge in [-0.3, -0.25) is 9.69 Å². The number of hydrogen-bond donors (Lipinski definition) is 5. The third-order valence-electron chi connectivity index (χ3n) is 5.29. The van der Waals surface area contributed by atoms with E-state index < -0.39 is 17.3 Å². The molecule has 0 saturated carbocycles. The van der Waals surface area contributed by atoms with Crippen LogP contribution in [0.5, 0.6) is 5.75 Å². The van der Waals surface area contributed by atoms with Crippen LogP contribution < -0.4 is 5.73 Å². The molecule has 8 heteroatoms. The SMILES string of the molecule is [B]C(CCCO)C(N)(CCN1Cc2cc(O)ccc2C[C@H]1CO)C(=O)O. The van der Waals surface area contributed by atoms with E-state index in [1.165, 1.54) is 0 Å². The van der Waals surface area contributed by atoms with Gasteiger partial charge in [-0.15, -0.1) is 0 Å². The molecular weight excluding hydrogens is 335 g/mol. The zero-order chi connectivity index (χ0) is 19.3. The molecule has 3 atom stereocenters. The van der Waals surface area contributed by atoms with E-state index in [0.29, 0.717) is 32.4 Å². The van der Waals surface area contributed by atoms with Crippen molar-refractivity contribution in [1.29, 1.82) is 0 Å². The average Bonchev–Trinajstić information content (AvgIpc) is 2.62. The minimum Gasteiger partial charge on any atom is -0.508 e. The van der Waals surface area contributed by atoms with Gasteiger partial charge in [0.25, 0.3) is 0 Å². The second-order valence-electron chi connectivity index (χ2n) is 7.03. The van der Waals surface area contributed by atoms with Crippen molar-refractivity contribution in [1.82, 2.24) is 4.90 Å². The molecule has 1 aliphatic rings. The van der Waals surface area contributed by atoms with E-state index in [0.717, 1.165) is 11.1 Å². The average molecular weight is 362 g/mol. The Morgan fingerprint density at radius 2 is 2.12 bits per heavy atom. The zero-order valence-corrected chi connectivity index (χ0v) is 14.8. The Labute approximate surface area is 154 Å². The maximum atomic E-state index is 11.7. The van der Waals surface area contributed by atoms with Crippen LogP contribution >= 0.6 is 0 Å². The fourth-order valence-electron chi connectivity index (χ4n) is 3.48. The first-order valence-corrected chi connectivity index (χ1v) is 8.86. The van der Waals surface area contributed by atoms with Crippen molar-refractivity contribution in [3.05, 3.63) is 29.3 Å². The molecule has 0 aromatic heterocycles. The number of nitrogens with two attached hydrogens (primary N) is 1. The van der Waals surface area contributed by atoms with Crippen LogP contribution in [0.4, 0.5) is 0 Å². The van der Waals surface area contributed by atoms with Gasteiger partial charge in [-0.1, -0.05) is 12.5 Å². The number of rotatable bonds is 9. The number of phenols is 1. The second-order valence-corrected chi connectivity index (χ2v) is 7.03. The lowest BCUT2D eigenvalue weighted by atomic mass is 9.67. The Morgan fingerprint density at radius 1 is 1.38 bits per heavy atom. The standard InChI is InChI=1S/C18H27BN2O5/c19-16(2-1-7-22)18(20,17(25)26)5-6-21-10-13-9-15(24)4-3-12(13)8-14(21)11-23/h3-4,9,14,16,22-24H,1-2,5-8,10-11,20H2,(H,25,26)/t14-,16?,18?/m0/s1. The molecule has 2 radical (unpaired) electrons. The van der Waals surface area contributed by atoms with Gasteiger partial charge in [-0.25, -0.2) is 0 Å². The number of aliphatic hydroxyl groups excluding tert-OH is 2. The highest BCUT2D eigenvalue weighted by Gasteiger charge is 2.40. The number of carboxylic acids is 1. The predicted molar refractivity (Wildman–Crippen MR) is 98.1 cm³/mol. The van der Waals surface area contributed by atoms with E-state index in [4.69, 9.17) is 18.7 Å². The summed E-state index contributed by atoms with van der Waals surface area (Å²) in [7, 11) is 6.00. The highest BCUT2D eigenvalue weighted by atomic mass is 16.4. The van der Waals surface area contributed by atoms with Crippen molar-refractivity contribution >= 4 is 13.8 Å². The second kappa shape index (κ2) is 8.86. The minimum absolute atomic E-state index is 0.0540. The summed E-state index contributed by atoms with van der Waals surface area (Å²) in [4.78, 5) is 13.7. The first kappa shape index (κ1) is 20.7. The van der Waals surface area contributed by atoms with Crippen molar-refractivity contribution < 1.29 is 25.2 Å². The van der Waals surface area contributed by atoms with E-state index >= 15 is 0 Å². The van der Waals surface area contributed by atoms with Crippen LogP contribution in [0.1, 0.15) is 30.4 Å². The third-order valence-corrected chi connectivity index (χ3v) is 5.29. The Bertz CT molecular complexity index is 630. The summed E-state index contributed by atoms with van der Waals surface area (Å²) in [5.74, 6) is -1.77. The lowest BCUT2D eigenvalue weighted by molar-refractivity contribution is -0.144. The Hall–Kier alpha value is -1.61. The van der Waals surface area contributed by atoms with Crippen LogP contribution in [0.25, 0.3) is 0 Å². The maximum Gasteiger partial charge on any atom is 0.323 e. The van der Waals surface area contributed by atoms with E-state index in [9.17, 15) is 20.1 Å². The van der Waals surface area contributed by atoms with Crippen molar-refractivity contribution in [3.8, 4) is 5.75 Å². The topological polar surface area (TPSA) is 127 Å². The fourth-order valence-corrected chi connectivity index (χ4v) is 3.48. The number of carbonyl (C=O) groups is 1. The van der Waals surface area contributed by atoms with Gasteiger partial charge in [-0.05, 0) is 48.3 Å². The molecule has 0 spiro atoms. The van der Waals surface area contributed by atoms with Gasteiger partial charge in [0, 0.05) is 25.7 Å². The summed E-state index contributed by atoms with van der Waals surface area (Å²) in [5, 5.41) is 37.9. The summed E-state index contributed by atoms with van der Waals surface area (Å²) in [6.45, 7) is 0.733. The van der Waals surface area contributed by atoms with Crippen LogP contribution in [0.2, 0.25) is 5.82 Å². The fraction of sp³-hybridized carbons (Fsp3) is 0.611. The van der Waals surface area contributed by atoms with Crippen molar-refractivity contribution in [3.63, 3.8) is 0 Å². The molecule has 7 nitrogen and oxygen atoms in total. The van der Waals surface area contributed by atoms with Crippen LogP contribution in [-0.4, -0.2) is 70.5 Å². The lowest BCUT2D eigenvalue weighted by Crippen LogP contribution is -2.55. The summed E-state index contributed by atoms with van der Waals surface area (Å²) in [5.41, 5.74) is 6.53. The monoisotopic (exact) mass is 362 g/mol. The summed E-state index contributed by atoms with van der Waals surface area (Å²) in [6.07, 6.45) is 1.45. The number of nitrogens with zero attached hydrogens (tertiary/aromatic N) is 1.